The van der Waals surface area contributed by atoms with Crippen LogP contribution < -0.4 is 10.0 Å². The predicted octanol–water partition coefficient (Wildman–Crippen LogP) is 1.36. The van der Waals surface area contributed by atoms with Crippen molar-refractivity contribution in [2.75, 3.05) is 26.8 Å². The summed E-state index contributed by atoms with van der Waals surface area (Å²) in [6, 6.07) is 6.93. The Morgan fingerprint density at radius 1 is 1.25 bits per heavy atom. The summed E-state index contributed by atoms with van der Waals surface area (Å²) in [5.74, 6) is 0.141. The lowest BCUT2D eigenvalue weighted by Gasteiger charge is -2.12. The molecule has 0 aliphatic heterocycles. The van der Waals surface area contributed by atoms with Gasteiger partial charge in [-0.1, -0.05) is 26.0 Å². The largest absolute Gasteiger partial charge is 0.384 e. The van der Waals surface area contributed by atoms with Crippen LogP contribution >= 0.6 is 0 Å². The number of methoxy groups -OCH3 is 1. The SMILES string of the molecule is CCNCc1ccc(S(=O)(=O)NCC(C)COC)cc1. The minimum absolute atomic E-state index is 0.141. The molecular weight excluding hydrogens is 276 g/mol. The number of hydrogen-bond donors (Lipinski definition) is 2. The molecule has 1 aromatic rings. The lowest BCUT2D eigenvalue weighted by atomic mass is 10.2. The average molecular weight is 300 g/mol. The van der Waals surface area contributed by atoms with E-state index in [1.165, 1.54) is 0 Å². The van der Waals surface area contributed by atoms with Gasteiger partial charge in [-0.25, -0.2) is 13.1 Å². The summed E-state index contributed by atoms with van der Waals surface area (Å²) in [5.41, 5.74) is 1.07. The van der Waals surface area contributed by atoms with Crippen molar-refractivity contribution < 1.29 is 13.2 Å². The van der Waals surface area contributed by atoms with Crippen molar-refractivity contribution in [2.45, 2.75) is 25.3 Å². The number of nitrogens with one attached hydrogen (secondary N) is 2. The molecule has 1 atom stereocenters. The van der Waals surface area contributed by atoms with Gasteiger partial charge in [0.2, 0.25) is 10.0 Å². The highest BCUT2D eigenvalue weighted by Crippen LogP contribution is 2.11. The maximum Gasteiger partial charge on any atom is 0.240 e. The van der Waals surface area contributed by atoms with Crippen molar-refractivity contribution in [2.24, 2.45) is 5.92 Å². The second kappa shape index (κ2) is 8.36. The zero-order chi connectivity index (χ0) is 15.0. The fourth-order valence-electron chi connectivity index (χ4n) is 1.73. The van der Waals surface area contributed by atoms with E-state index in [4.69, 9.17) is 4.74 Å². The fourth-order valence-corrected chi connectivity index (χ4v) is 2.90. The summed E-state index contributed by atoms with van der Waals surface area (Å²) >= 11 is 0. The fraction of sp³-hybridized carbons (Fsp3) is 0.571. The first-order valence-corrected chi connectivity index (χ1v) is 8.26. The van der Waals surface area contributed by atoms with E-state index in [-0.39, 0.29) is 5.92 Å². The Morgan fingerprint density at radius 2 is 1.90 bits per heavy atom. The number of benzene rings is 1. The molecule has 1 rings (SSSR count). The standard InChI is InChI=1S/C14H24N2O3S/c1-4-15-10-13-5-7-14(8-6-13)20(17,18)16-9-12(2)11-19-3/h5-8,12,15-16H,4,9-11H2,1-3H3. The van der Waals surface area contributed by atoms with Crippen molar-refractivity contribution >= 4 is 10.0 Å². The minimum Gasteiger partial charge on any atom is -0.384 e. The zero-order valence-electron chi connectivity index (χ0n) is 12.3. The van der Waals surface area contributed by atoms with Crippen LogP contribution in [0.3, 0.4) is 0 Å². The molecule has 0 saturated carbocycles. The molecule has 20 heavy (non-hydrogen) atoms. The van der Waals surface area contributed by atoms with Gasteiger partial charge in [-0.05, 0) is 30.2 Å². The predicted molar refractivity (Wildman–Crippen MR) is 80.1 cm³/mol. The Labute approximate surface area is 121 Å². The molecule has 1 unspecified atom stereocenters. The molecular formula is C14H24N2O3S. The Hall–Kier alpha value is -0.950. The molecule has 114 valence electrons. The van der Waals surface area contributed by atoms with Gasteiger partial charge in [0.05, 0.1) is 4.90 Å². The van der Waals surface area contributed by atoms with Gasteiger partial charge in [0.15, 0.2) is 0 Å². The number of ether oxygens (including phenoxy) is 1. The molecule has 0 fully saturated rings. The molecule has 0 aromatic heterocycles. The Balaban J connectivity index is 2.63. The number of sulfonamides is 1. The molecule has 0 bridgehead atoms. The van der Waals surface area contributed by atoms with Crippen molar-refractivity contribution in [3.05, 3.63) is 29.8 Å². The molecule has 2 N–H and O–H groups in total. The summed E-state index contributed by atoms with van der Waals surface area (Å²) in [5, 5.41) is 3.20. The molecule has 0 heterocycles. The first kappa shape index (κ1) is 17.1. The highest BCUT2D eigenvalue weighted by molar-refractivity contribution is 7.89. The summed E-state index contributed by atoms with van der Waals surface area (Å²) in [6.07, 6.45) is 0. The monoisotopic (exact) mass is 300 g/mol. The third-order valence-corrected chi connectivity index (χ3v) is 4.33. The second-order valence-electron chi connectivity index (χ2n) is 4.84. The molecule has 5 nitrogen and oxygen atoms in total. The molecule has 0 radical (unpaired) electrons. The molecule has 0 aliphatic carbocycles. The number of rotatable bonds is 9. The van der Waals surface area contributed by atoms with E-state index in [9.17, 15) is 8.42 Å². The molecule has 0 amide bonds. The van der Waals surface area contributed by atoms with Gasteiger partial charge in [-0.15, -0.1) is 0 Å². The van der Waals surface area contributed by atoms with Crippen molar-refractivity contribution in [3.8, 4) is 0 Å². The van der Waals surface area contributed by atoms with E-state index in [2.05, 4.69) is 10.0 Å². The van der Waals surface area contributed by atoms with Crippen LogP contribution in [0.15, 0.2) is 29.2 Å². The van der Waals surface area contributed by atoms with Gasteiger partial charge in [-0.2, -0.15) is 0 Å². The van der Waals surface area contributed by atoms with E-state index in [1.54, 1.807) is 19.2 Å². The maximum absolute atomic E-state index is 12.1. The highest BCUT2D eigenvalue weighted by Gasteiger charge is 2.14. The van der Waals surface area contributed by atoms with E-state index >= 15 is 0 Å². The lowest BCUT2D eigenvalue weighted by Crippen LogP contribution is -2.30. The van der Waals surface area contributed by atoms with E-state index in [0.29, 0.717) is 18.0 Å². The van der Waals surface area contributed by atoms with Gasteiger partial charge < -0.3 is 10.1 Å². The molecule has 1 aromatic carbocycles. The van der Waals surface area contributed by atoms with Crippen molar-refractivity contribution in [3.63, 3.8) is 0 Å². The maximum atomic E-state index is 12.1. The van der Waals surface area contributed by atoms with Crippen LogP contribution in [-0.2, 0) is 21.3 Å². The highest BCUT2D eigenvalue weighted by atomic mass is 32.2. The summed E-state index contributed by atoms with van der Waals surface area (Å²) < 4.78 is 31.8. The van der Waals surface area contributed by atoms with Crippen molar-refractivity contribution in [1.82, 2.24) is 10.0 Å². The van der Waals surface area contributed by atoms with Crippen LogP contribution in [0.1, 0.15) is 19.4 Å². The minimum atomic E-state index is -3.44. The van der Waals surface area contributed by atoms with Gasteiger partial charge in [0, 0.05) is 26.8 Å². The van der Waals surface area contributed by atoms with Gasteiger partial charge in [0.1, 0.15) is 0 Å². The summed E-state index contributed by atoms with van der Waals surface area (Å²) in [4.78, 5) is 0.294. The Kier molecular flexibility index (Phi) is 7.15. The summed E-state index contributed by atoms with van der Waals surface area (Å²) in [6.45, 7) is 6.50. The van der Waals surface area contributed by atoms with Crippen molar-refractivity contribution in [1.29, 1.82) is 0 Å². The smallest absolute Gasteiger partial charge is 0.240 e. The van der Waals surface area contributed by atoms with Crippen LogP contribution in [0.25, 0.3) is 0 Å². The lowest BCUT2D eigenvalue weighted by molar-refractivity contribution is 0.161. The van der Waals surface area contributed by atoms with Crippen LogP contribution in [-0.4, -0.2) is 35.2 Å². The average Bonchev–Trinajstić information content (AvgIpc) is 2.44. The molecule has 0 spiro atoms. The first-order valence-electron chi connectivity index (χ1n) is 6.78. The van der Waals surface area contributed by atoms with Crippen LogP contribution in [0.5, 0.6) is 0 Å². The second-order valence-corrected chi connectivity index (χ2v) is 6.60. The number of hydrogen-bond acceptors (Lipinski definition) is 4. The van der Waals surface area contributed by atoms with Crippen LogP contribution in [0, 0.1) is 5.92 Å². The van der Waals surface area contributed by atoms with Gasteiger partial charge in [0.25, 0.3) is 0 Å². The third-order valence-electron chi connectivity index (χ3n) is 2.89. The van der Waals surface area contributed by atoms with Crippen LogP contribution in [0.4, 0.5) is 0 Å². The normalized spacial score (nSPS) is 13.3. The molecule has 0 aliphatic rings. The Morgan fingerprint density at radius 3 is 2.45 bits per heavy atom. The molecule has 6 heteroatoms. The Bertz CT molecular complexity index is 486. The summed E-state index contributed by atoms with van der Waals surface area (Å²) in [7, 11) is -1.83. The van der Waals surface area contributed by atoms with E-state index in [0.717, 1.165) is 18.7 Å². The zero-order valence-corrected chi connectivity index (χ0v) is 13.2. The first-order chi connectivity index (χ1) is 9.49. The van der Waals surface area contributed by atoms with E-state index in [1.807, 2.05) is 26.0 Å². The van der Waals surface area contributed by atoms with Gasteiger partial charge in [-0.3, -0.25) is 0 Å². The third kappa shape index (κ3) is 5.58. The van der Waals surface area contributed by atoms with Gasteiger partial charge >= 0.3 is 0 Å². The quantitative estimate of drug-likeness (QED) is 0.722. The molecule has 0 saturated heterocycles. The van der Waals surface area contributed by atoms with E-state index < -0.39 is 10.0 Å². The topological polar surface area (TPSA) is 67.4 Å². The van der Waals surface area contributed by atoms with Crippen LogP contribution in [0.2, 0.25) is 0 Å².